The molecule has 0 fully saturated rings. The molecule has 172 valence electrons. The number of rotatable bonds is 2. The van der Waals surface area contributed by atoms with E-state index in [0.29, 0.717) is 54.4 Å². The number of amides is 3. The Labute approximate surface area is 191 Å². The third-order valence-corrected chi connectivity index (χ3v) is 5.21. The van der Waals surface area contributed by atoms with Crippen molar-refractivity contribution in [3.8, 4) is 5.75 Å². The van der Waals surface area contributed by atoms with Crippen molar-refractivity contribution in [3.05, 3.63) is 46.3 Å². The zero-order valence-corrected chi connectivity index (χ0v) is 18.9. The largest absolute Gasteiger partial charge is 0.491 e. The van der Waals surface area contributed by atoms with Gasteiger partial charge in [0, 0.05) is 24.2 Å². The van der Waals surface area contributed by atoms with Gasteiger partial charge in [-0.1, -0.05) is 23.7 Å². The molecule has 0 saturated heterocycles. The topological polar surface area (TPSA) is 114 Å². The number of aromatic nitrogens is 1. The molecule has 32 heavy (non-hydrogen) atoms. The highest BCUT2D eigenvalue weighted by molar-refractivity contribution is 6.31. The molecule has 0 aliphatic carbocycles. The number of benzene rings is 1. The molecule has 0 unspecified atom stereocenters. The minimum atomic E-state index is -0.397. The molecule has 1 aliphatic rings. The SMILES string of the molecule is CCc1cc(C(=O)N2CCCCNC(=O)c3cc(Cl)ccc3OC[C@H](C)NC(=O)C2)on1. The van der Waals surface area contributed by atoms with Gasteiger partial charge in [-0.2, -0.15) is 0 Å². The number of fused-ring (bicyclic) bond motifs is 1. The van der Waals surface area contributed by atoms with Gasteiger partial charge >= 0.3 is 0 Å². The van der Waals surface area contributed by atoms with Crippen molar-refractivity contribution >= 4 is 29.3 Å². The summed E-state index contributed by atoms with van der Waals surface area (Å²) in [7, 11) is 0. The maximum atomic E-state index is 12.9. The van der Waals surface area contributed by atoms with Crippen molar-refractivity contribution in [1.29, 1.82) is 0 Å². The van der Waals surface area contributed by atoms with Crippen LogP contribution in [0, 0.1) is 0 Å². The fraction of sp³-hybridized carbons (Fsp3) is 0.455. The fourth-order valence-corrected chi connectivity index (χ4v) is 3.44. The molecule has 3 rings (SSSR count). The summed E-state index contributed by atoms with van der Waals surface area (Å²) in [5, 5.41) is 9.96. The van der Waals surface area contributed by atoms with Crippen molar-refractivity contribution < 1.29 is 23.6 Å². The van der Waals surface area contributed by atoms with Gasteiger partial charge in [0.2, 0.25) is 11.7 Å². The Kier molecular flexibility index (Phi) is 8.10. The summed E-state index contributed by atoms with van der Waals surface area (Å²) >= 11 is 6.05. The standard InChI is InChI=1S/C22H27ClN4O5/c1-3-16-11-19(32-26-16)22(30)27-9-5-4-8-24-21(29)17-10-15(23)6-7-18(17)31-13-14(2)25-20(28)12-27/h6-7,10-11,14H,3-5,8-9,12-13H2,1-2H3,(H,24,29)(H,25,28)/t14-/m0/s1. The minimum absolute atomic E-state index is 0.101. The van der Waals surface area contributed by atoms with Crippen molar-refractivity contribution in [2.45, 2.75) is 39.2 Å². The monoisotopic (exact) mass is 462 g/mol. The Morgan fingerprint density at radius 3 is 2.84 bits per heavy atom. The first kappa shape index (κ1) is 23.6. The molecule has 2 heterocycles. The number of carbonyl (C=O) groups is 3. The summed E-state index contributed by atoms with van der Waals surface area (Å²) in [6.07, 6.45) is 1.84. The van der Waals surface area contributed by atoms with E-state index in [1.54, 1.807) is 31.2 Å². The van der Waals surface area contributed by atoms with E-state index in [1.165, 1.54) is 4.90 Å². The van der Waals surface area contributed by atoms with Gasteiger partial charge in [0.1, 0.15) is 12.4 Å². The third kappa shape index (κ3) is 6.23. The molecule has 0 radical (unpaired) electrons. The predicted molar refractivity (Wildman–Crippen MR) is 118 cm³/mol. The highest BCUT2D eigenvalue weighted by atomic mass is 35.5. The Morgan fingerprint density at radius 2 is 2.09 bits per heavy atom. The number of aryl methyl sites for hydroxylation is 1. The summed E-state index contributed by atoms with van der Waals surface area (Å²) in [6.45, 7) is 4.44. The maximum absolute atomic E-state index is 12.9. The van der Waals surface area contributed by atoms with Crippen molar-refractivity contribution in [2.24, 2.45) is 0 Å². The zero-order chi connectivity index (χ0) is 23.1. The van der Waals surface area contributed by atoms with Crippen molar-refractivity contribution in [1.82, 2.24) is 20.7 Å². The average Bonchev–Trinajstić information content (AvgIpc) is 3.25. The van der Waals surface area contributed by atoms with Crippen LogP contribution in [0.2, 0.25) is 5.02 Å². The molecule has 2 aromatic rings. The first-order chi connectivity index (χ1) is 15.4. The smallest absolute Gasteiger partial charge is 0.292 e. The van der Waals surface area contributed by atoms with E-state index >= 15 is 0 Å². The van der Waals surface area contributed by atoms with Crippen molar-refractivity contribution in [2.75, 3.05) is 26.2 Å². The second-order valence-electron chi connectivity index (χ2n) is 7.65. The van der Waals surface area contributed by atoms with Gasteiger partial charge in [0.25, 0.3) is 11.8 Å². The predicted octanol–water partition coefficient (Wildman–Crippen LogP) is 2.44. The van der Waals surface area contributed by atoms with Gasteiger partial charge in [0.05, 0.1) is 23.8 Å². The van der Waals surface area contributed by atoms with Crippen LogP contribution in [0.3, 0.4) is 0 Å². The second-order valence-corrected chi connectivity index (χ2v) is 8.08. The first-order valence-corrected chi connectivity index (χ1v) is 11.0. The first-order valence-electron chi connectivity index (χ1n) is 10.6. The van der Waals surface area contributed by atoms with Crippen LogP contribution in [0.5, 0.6) is 5.75 Å². The third-order valence-electron chi connectivity index (χ3n) is 4.98. The number of ether oxygens (including phenoxy) is 1. The van der Waals surface area contributed by atoms with Gasteiger partial charge in [-0.15, -0.1) is 0 Å². The number of hydrogen-bond acceptors (Lipinski definition) is 6. The Balaban J connectivity index is 1.74. The Hall–Kier alpha value is -3.07. The summed E-state index contributed by atoms with van der Waals surface area (Å²) in [5.41, 5.74) is 1.00. The molecule has 1 aromatic heterocycles. The van der Waals surface area contributed by atoms with E-state index in [1.807, 2.05) is 6.92 Å². The summed E-state index contributed by atoms with van der Waals surface area (Å²) in [5.74, 6) is -0.520. The van der Waals surface area contributed by atoms with Crippen LogP contribution in [0.25, 0.3) is 0 Å². The molecule has 1 aliphatic heterocycles. The lowest BCUT2D eigenvalue weighted by Crippen LogP contribution is -2.45. The van der Waals surface area contributed by atoms with Crippen LogP contribution in [0.15, 0.2) is 28.8 Å². The molecule has 0 bridgehead atoms. The zero-order valence-electron chi connectivity index (χ0n) is 18.2. The molecule has 2 N–H and O–H groups in total. The number of nitrogens with one attached hydrogen (secondary N) is 2. The molecular formula is C22H27ClN4O5. The van der Waals surface area contributed by atoms with Crippen LogP contribution in [0.4, 0.5) is 0 Å². The summed E-state index contributed by atoms with van der Waals surface area (Å²) < 4.78 is 10.9. The normalized spacial score (nSPS) is 18.5. The van der Waals surface area contributed by atoms with Gasteiger partial charge in [-0.25, -0.2) is 0 Å². The van der Waals surface area contributed by atoms with E-state index in [0.717, 1.165) is 0 Å². The van der Waals surface area contributed by atoms with Crippen molar-refractivity contribution in [3.63, 3.8) is 0 Å². The molecule has 1 aromatic carbocycles. The van der Waals surface area contributed by atoms with E-state index in [9.17, 15) is 14.4 Å². The van der Waals surface area contributed by atoms with Crippen LogP contribution in [0.1, 0.15) is 53.3 Å². The van der Waals surface area contributed by atoms with Gasteiger partial charge in [-0.05, 0) is 44.4 Å². The number of carbonyl (C=O) groups excluding carboxylic acids is 3. The number of hydrogen-bond donors (Lipinski definition) is 2. The number of halogens is 1. The van der Waals surface area contributed by atoms with E-state index in [-0.39, 0.29) is 36.8 Å². The number of nitrogens with zero attached hydrogens (tertiary/aromatic N) is 2. The highest BCUT2D eigenvalue weighted by Crippen LogP contribution is 2.23. The fourth-order valence-electron chi connectivity index (χ4n) is 3.27. The molecule has 1 atom stereocenters. The van der Waals surface area contributed by atoms with E-state index < -0.39 is 5.91 Å². The Morgan fingerprint density at radius 1 is 1.28 bits per heavy atom. The van der Waals surface area contributed by atoms with Crippen LogP contribution in [-0.4, -0.2) is 60.1 Å². The lowest BCUT2D eigenvalue weighted by Gasteiger charge is -2.22. The van der Waals surface area contributed by atoms with E-state index in [2.05, 4.69) is 15.8 Å². The lowest BCUT2D eigenvalue weighted by atomic mass is 10.1. The average molecular weight is 463 g/mol. The Bertz CT molecular complexity index is 977. The second kappa shape index (κ2) is 11.0. The quantitative estimate of drug-likeness (QED) is 0.708. The lowest BCUT2D eigenvalue weighted by molar-refractivity contribution is -0.122. The summed E-state index contributed by atoms with van der Waals surface area (Å²) in [4.78, 5) is 39.5. The summed E-state index contributed by atoms with van der Waals surface area (Å²) in [6, 6.07) is 6.06. The molecular weight excluding hydrogens is 436 g/mol. The van der Waals surface area contributed by atoms with Crippen LogP contribution >= 0.6 is 11.6 Å². The van der Waals surface area contributed by atoms with Gasteiger partial charge < -0.3 is 24.8 Å². The van der Waals surface area contributed by atoms with Crippen LogP contribution in [-0.2, 0) is 11.2 Å². The molecule has 10 heteroatoms. The van der Waals surface area contributed by atoms with Gasteiger partial charge in [-0.3, -0.25) is 14.4 Å². The molecule has 9 nitrogen and oxygen atoms in total. The van der Waals surface area contributed by atoms with Gasteiger partial charge in [0.15, 0.2) is 0 Å². The molecule has 0 spiro atoms. The van der Waals surface area contributed by atoms with E-state index in [4.69, 9.17) is 20.9 Å². The molecule has 3 amide bonds. The minimum Gasteiger partial charge on any atom is -0.491 e. The maximum Gasteiger partial charge on any atom is 0.292 e. The molecule has 0 saturated carbocycles. The van der Waals surface area contributed by atoms with Crippen LogP contribution < -0.4 is 15.4 Å². The highest BCUT2D eigenvalue weighted by Gasteiger charge is 2.24.